The molecule has 1 fully saturated rings. The Morgan fingerprint density at radius 3 is 2.29 bits per heavy atom. The fraction of sp³-hybridized carbons (Fsp3) is 0.571. The molecule has 94 valence electrons. The first-order valence-electron chi connectivity index (χ1n) is 6.22. The maximum absolute atomic E-state index is 5.96. The van der Waals surface area contributed by atoms with Gasteiger partial charge in [-0.25, -0.2) is 0 Å². The molecule has 0 N–H and O–H groups in total. The lowest BCUT2D eigenvalue weighted by Gasteiger charge is -2.23. The van der Waals surface area contributed by atoms with Crippen LogP contribution in [0, 0.1) is 0 Å². The number of benzene rings is 1. The molecule has 0 unspecified atom stereocenters. The van der Waals surface area contributed by atoms with Crippen molar-refractivity contribution in [2.75, 3.05) is 14.2 Å². The van der Waals surface area contributed by atoms with Crippen LogP contribution in [-0.4, -0.2) is 20.3 Å². The number of methoxy groups -OCH3 is 2. The molecule has 0 radical (unpaired) electrons. The lowest BCUT2D eigenvalue weighted by Crippen LogP contribution is -2.19. The van der Waals surface area contributed by atoms with Crippen LogP contribution in [0.4, 0.5) is 0 Å². The van der Waals surface area contributed by atoms with Crippen molar-refractivity contribution in [1.82, 2.24) is 0 Å². The van der Waals surface area contributed by atoms with Crippen LogP contribution >= 0.6 is 0 Å². The second-order valence-corrected chi connectivity index (χ2v) is 4.39. The van der Waals surface area contributed by atoms with Crippen molar-refractivity contribution in [2.45, 2.75) is 38.2 Å². The van der Waals surface area contributed by atoms with Crippen LogP contribution in [0.5, 0.6) is 17.2 Å². The normalized spacial score (nSPS) is 16.6. The van der Waals surface area contributed by atoms with Gasteiger partial charge in [0.2, 0.25) is 0 Å². The van der Waals surface area contributed by atoms with Gasteiger partial charge in [-0.05, 0) is 37.8 Å². The SMILES string of the molecule is COc1ccc(OC2CCCCC2)cc1OC. The van der Waals surface area contributed by atoms with Gasteiger partial charge in [0.1, 0.15) is 5.75 Å². The molecule has 2 rings (SSSR count). The fourth-order valence-electron chi connectivity index (χ4n) is 2.27. The summed E-state index contributed by atoms with van der Waals surface area (Å²) in [6.45, 7) is 0. The third-order valence-corrected chi connectivity index (χ3v) is 3.21. The van der Waals surface area contributed by atoms with Crippen molar-refractivity contribution < 1.29 is 14.2 Å². The first-order valence-corrected chi connectivity index (χ1v) is 6.22. The molecule has 3 nitrogen and oxygen atoms in total. The van der Waals surface area contributed by atoms with Gasteiger partial charge >= 0.3 is 0 Å². The van der Waals surface area contributed by atoms with Gasteiger partial charge in [-0.3, -0.25) is 0 Å². The van der Waals surface area contributed by atoms with Crippen molar-refractivity contribution >= 4 is 0 Å². The fourth-order valence-corrected chi connectivity index (χ4v) is 2.27. The molecule has 3 heteroatoms. The monoisotopic (exact) mass is 236 g/mol. The summed E-state index contributed by atoms with van der Waals surface area (Å²) in [6, 6.07) is 5.72. The van der Waals surface area contributed by atoms with E-state index in [1.165, 1.54) is 19.3 Å². The minimum Gasteiger partial charge on any atom is -0.493 e. The number of hydrogen-bond acceptors (Lipinski definition) is 3. The van der Waals surface area contributed by atoms with Gasteiger partial charge in [-0.2, -0.15) is 0 Å². The largest absolute Gasteiger partial charge is 0.493 e. The van der Waals surface area contributed by atoms with Crippen molar-refractivity contribution in [3.63, 3.8) is 0 Å². The van der Waals surface area contributed by atoms with Gasteiger partial charge in [0.15, 0.2) is 11.5 Å². The molecule has 0 bridgehead atoms. The quantitative estimate of drug-likeness (QED) is 0.801. The van der Waals surface area contributed by atoms with Gasteiger partial charge in [0, 0.05) is 6.07 Å². The van der Waals surface area contributed by atoms with Crippen LogP contribution in [0.3, 0.4) is 0 Å². The Labute approximate surface area is 103 Å². The van der Waals surface area contributed by atoms with Crippen molar-refractivity contribution in [2.24, 2.45) is 0 Å². The number of hydrogen-bond donors (Lipinski definition) is 0. The predicted molar refractivity (Wildman–Crippen MR) is 67.0 cm³/mol. The van der Waals surface area contributed by atoms with Gasteiger partial charge in [0.25, 0.3) is 0 Å². The first-order chi connectivity index (χ1) is 8.33. The van der Waals surface area contributed by atoms with E-state index in [0.29, 0.717) is 6.10 Å². The Bertz CT molecular complexity index is 356. The minimum atomic E-state index is 0.363. The maximum Gasteiger partial charge on any atom is 0.164 e. The summed E-state index contributed by atoms with van der Waals surface area (Å²) in [7, 11) is 3.28. The van der Waals surface area contributed by atoms with Crippen molar-refractivity contribution in [3.8, 4) is 17.2 Å². The molecule has 1 aliphatic carbocycles. The maximum atomic E-state index is 5.96. The van der Waals surface area contributed by atoms with E-state index in [0.717, 1.165) is 30.1 Å². The third-order valence-electron chi connectivity index (χ3n) is 3.21. The highest BCUT2D eigenvalue weighted by Crippen LogP contribution is 2.32. The summed E-state index contributed by atoms with van der Waals surface area (Å²) < 4.78 is 16.4. The van der Waals surface area contributed by atoms with E-state index in [4.69, 9.17) is 14.2 Å². The Morgan fingerprint density at radius 1 is 0.941 bits per heavy atom. The summed E-state index contributed by atoms with van der Waals surface area (Å²) in [4.78, 5) is 0. The zero-order valence-electron chi connectivity index (χ0n) is 10.6. The molecule has 0 spiro atoms. The molecule has 0 aromatic heterocycles. The molecule has 0 amide bonds. The van der Waals surface area contributed by atoms with E-state index in [1.807, 2.05) is 18.2 Å². The van der Waals surface area contributed by atoms with Crippen molar-refractivity contribution in [3.05, 3.63) is 18.2 Å². The van der Waals surface area contributed by atoms with Crippen LogP contribution in [0.15, 0.2) is 18.2 Å². The van der Waals surface area contributed by atoms with Gasteiger partial charge in [0.05, 0.1) is 20.3 Å². The van der Waals surface area contributed by atoms with E-state index >= 15 is 0 Å². The smallest absolute Gasteiger partial charge is 0.164 e. The average molecular weight is 236 g/mol. The summed E-state index contributed by atoms with van der Waals surface area (Å²) in [5.41, 5.74) is 0. The summed E-state index contributed by atoms with van der Waals surface area (Å²) in [5, 5.41) is 0. The standard InChI is InChI=1S/C14H20O3/c1-15-13-9-8-12(10-14(13)16-2)17-11-6-4-3-5-7-11/h8-11H,3-7H2,1-2H3. The minimum absolute atomic E-state index is 0.363. The molecular formula is C14H20O3. The molecule has 0 atom stereocenters. The van der Waals surface area contributed by atoms with Gasteiger partial charge < -0.3 is 14.2 Å². The molecule has 1 aliphatic rings. The third kappa shape index (κ3) is 3.05. The lowest BCUT2D eigenvalue weighted by atomic mass is 9.98. The Hall–Kier alpha value is -1.38. The second-order valence-electron chi connectivity index (χ2n) is 4.39. The Morgan fingerprint density at radius 2 is 1.65 bits per heavy atom. The molecule has 0 aliphatic heterocycles. The van der Waals surface area contributed by atoms with Crippen LogP contribution in [-0.2, 0) is 0 Å². The average Bonchev–Trinajstić information content (AvgIpc) is 2.40. The lowest BCUT2D eigenvalue weighted by molar-refractivity contribution is 0.154. The summed E-state index contributed by atoms with van der Waals surface area (Å²) in [5.74, 6) is 2.33. The zero-order valence-corrected chi connectivity index (χ0v) is 10.6. The van der Waals surface area contributed by atoms with Crippen LogP contribution < -0.4 is 14.2 Å². The zero-order chi connectivity index (χ0) is 12.1. The molecule has 0 heterocycles. The van der Waals surface area contributed by atoms with Crippen LogP contribution in [0.2, 0.25) is 0 Å². The number of rotatable bonds is 4. The highest BCUT2D eigenvalue weighted by atomic mass is 16.5. The van der Waals surface area contributed by atoms with E-state index in [9.17, 15) is 0 Å². The topological polar surface area (TPSA) is 27.7 Å². The van der Waals surface area contributed by atoms with Crippen molar-refractivity contribution in [1.29, 1.82) is 0 Å². The number of ether oxygens (including phenoxy) is 3. The Kier molecular flexibility index (Phi) is 4.13. The van der Waals surface area contributed by atoms with Gasteiger partial charge in [-0.1, -0.05) is 6.42 Å². The molecule has 1 aromatic rings. The highest BCUT2D eigenvalue weighted by molar-refractivity contribution is 5.45. The van der Waals surface area contributed by atoms with E-state index in [2.05, 4.69) is 0 Å². The van der Waals surface area contributed by atoms with Crippen LogP contribution in [0.25, 0.3) is 0 Å². The first kappa shape index (κ1) is 12.1. The summed E-state index contributed by atoms with van der Waals surface area (Å²) >= 11 is 0. The summed E-state index contributed by atoms with van der Waals surface area (Å²) in [6.07, 6.45) is 6.58. The molecular weight excluding hydrogens is 216 g/mol. The Balaban J connectivity index is 2.05. The molecule has 1 aromatic carbocycles. The molecule has 0 saturated heterocycles. The van der Waals surface area contributed by atoms with E-state index in [1.54, 1.807) is 14.2 Å². The van der Waals surface area contributed by atoms with E-state index < -0.39 is 0 Å². The predicted octanol–water partition coefficient (Wildman–Crippen LogP) is 3.42. The molecule has 17 heavy (non-hydrogen) atoms. The second kappa shape index (κ2) is 5.80. The highest BCUT2D eigenvalue weighted by Gasteiger charge is 2.15. The van der Waals surface area contributed by atoms with E-state index in [-0.39, 0.29) is 0 Å². The molecule has 1 saturated carbocycles. The van der Waals surface area contributed by atoms with Crippen LogP contribution in [0.1, 0.15) is 32.1 Å². The van der Waals surface area contributed by atoms with Gasteiger partial charge in [-0.15, -0.1) is 0 Å².